The molecule has 0 N–H and O–H groups in total. The number of nitrogens with zero attached hydrogens (tertiary/aromatic N) is 3. The molecule has 37 heavy (non-hydrogen) atoms. The van der Waals surface area contributed by atoms with E-state index in [1.54, 1.807) is 26.1 Å². The van der Waals surface area contributed by atoms with Crippen molar-refractivity contribution in [2.24, 2.45) is 5.41 Å². The normalized spacial score (nSPS) is 18.4. The third-order valence-electron chi connectivity index (χ3n) is 7.08. The van der Waals surface area contributed by atoms with Crippen LogP contribution >= 0.6 is 0 Å². The number of hydrogen-bond donors (Lipinski definition) is 0. The van der Waals surface area contributed by atoms with Crippen molar-refractivity contribution >= 4 is 27.2 Å². The van der Waals surface area contributed by atoms with Gasteiger partial charge in [-0.2, -0.15) is 8.42 Å². The molecule has 0 radical (unpaired) electrons. The standard InChI is InChI=1S/C26H39N3O7S/c1-20-6-7-23-22(14-20)21(8-9-27(4)5)15-29(23)37(31,32)36-16-25(2,3)24(30)35-13-11-28-10-12-33-17-26(28)18-34-19-26/h6-7,14-15H,8-13,16-19H2,1-5H3. The number of carbonyl (C=O) groups is 1. The third kappa shape index (κ3) is 6.18. The molecule has 4 rings (SSSR count). The maximum Gasteiger partial charge on any atom is 0.366 e. The van der Waals surface area contributed by atoms with E-state index >= 15 is 0 Å². The van der Waals surface area contributed by atoms with Crippen LogP contribution in [0.3, 0.4) is 0 Å². The van der Waals surface area contributed by atoms with Gasteiger partial charge in [-0.05, 0) is 59.0 Å². The van der Waals surface area contributed by atoms with E-state index in [9.17, 15) is 13.2 Å². The van der Waals surface area contributed by atoms with Gasteiger partial charge in [-0.3, -0.25) is 13.9 Å². The Hall–Kier alpha value is -2.02. The molecule has 0 aliphatic carbocycles. The zero-order valence-electron chi connectivity index (χ0n) is 22.5. The van der Waals surface area contributed by atoms with Gasteiger partial charge < -0.3 is 19.1 Å². The highest BCUT2D eigenvalue weighted by Crippen LogP contribution is 2.29. The second kappa shape index (κ2) is 11.0. The molecule has 0 bridgehead atoms. The molecule has 1 spiro atoms. The predicted molar refractivity (Wildman–Crippen MR) is 140 cm³/mol. The SMILES string of the molecule is Cc1ccc2c(c1)c(CCN(C)C)cn2S(=O)(=O)OCC(C)(C)C(=O)OCCN1CCOCC12COC2. The second-order valence-electron chi connectivity index (χ2n) is 11.0. The average molecular weight is 538 g/mol. The van der Waals surface area contributed by atoms with Crippen molar-refractivity contribution in [3.05, 3.63) is 35.5 Å². The van der Waals surface area contributed by atoms with E-state index in [0.29, 0.717) is 44.9 Å². The molecule has 2 saturated heterocycles. The fourth-order valence-corrected chi connectivity index (χ4v) is 5.82. The number of rotatable bonds is 11. The van der Waals surface area contributed by atoms with Gasteiger partial charge in [0.25, 0.3) is 0 Å². The van der Waals surface area contributed by atoms with E-state index < -0.39 is 21.7 Å². The van der Waals surface area contributed by atoms with E-state index in [4.69, 9.17) is 18.4 Å². The molecule has 2 aromatic rings. The van der Waals surface area contributed by atoms with Crippen LogP contribution in [0, 0.1) is 12.3 Å². The first-order valence-corrected chi connectivity index (χ1v) is 14.0. The van der Waals surface area contributed by atoms with E-state index in [-0.39, 0.29) is 18.8 Å². The van der Waals surface area contributed by atoms with Crippen LogP contribution in [-0.4, -0.2) is 107 Å². The topological polar surface area (TPSA) is 99.5 Å². The largest absolute Gasteiger partial charge is 0.464 e. The predicted octanol–water partition coefficient (Wildman–Crippen LogP) is 1.83. The Balaban J connectivity index is 1.38. The highest BCUT2D eigenvalue weighted by atomic mass is 32.2. The van der Waals surface area contributed by atoms with E-state index in [0.717, 1.165) is 29.6 Å². The second-order valence-corrected chi connectivity index (χ2v) is 12.5. The van der Waals surface area contributed by atoms with Crippen LogP contribution in [0.15, 0.2) is 24.4 Å². The summed E-state index contributed by atoms with van der Waals surface area (Å²) >= 11 is 0. The lowest BCUT2D eigenvalue weighted by molar-refractivity contribution is -0.200. The molecule has 0 amide bonds. The van der Waals surface area contributed by atoms with Crippen molar-refractivity contribution in [2.75, 3.05) is 73.4 Å². The van der Waals surface area contributed by atoms with Gasteiger partial charge in [0, 0.05) is 31.2 Å². The van der Waals surface area contributed by atoms with Crippen LogP contribution in [0.25, 0.3) is 10.9 Å². The zero-order chi connectivity index (χ0) is 26.8. The van der Waals surface area contributed by atoms with Crippen LogP contribution in [-0.2, 0) is 39.9 Å². The molecule has 1 aromatic heterocycles. The van der Waals surface area contributed by atoms with Crippen LogP contribution < -0.4 is 0 Å². The molecular weight excluding hydrogens is 498 g/mol. The molecule has 206 valence electrons. The number of likely N-dealkylation sites (N-methyl/N-ethyl adjacent to an activating group) is 1. The Kier molecular flexibility index (Phi) is 8.32. The smallest absolute Gasteiger partial charge is 0.366 e. The Bertz CT molecular complexity index is 1220. The number of aryl methyl sites for hydroxylation is 1. The Morgan fingerprint density at radius 3 is 2.59 bits per heavy atom. The molecule has 2 fully saturated rings. The van der Waals surface area contributed by atoms with Crippen molar-refractivity contribution in [3.63, 3.8) is 0 Å². The lowest BCUT2D eigenvalue weighted by Gasteiger charge is -2.51. The summed E-state index contributed by atoms with van der Waals surface area (Å²) < 4.78 is 49.6. The van der Waals surface area contributed by atoms with Crippen molar-refractivity contribution in [1.29, 1.82) is 0 Å². The number of esters is 1. The first-order valence-electron chi connectivity index (χ1n) is 12.7. The lowest BCUT2D eigenvalue weighted by atomic mass is 9.94. The summed E-state index contributed by atoms with van der Waals surface area (Å²) in [6.45, 7) is 9.68. The zero-order valence-corrected chi connectivity index (χ0v) is 23.3. The van der Waals surface area contributed by atoms with Crippen molar-refractivity contribution in [2.45, 2.75) is 32.7 Å². The fourth-order valence-electron chi connectivity index (χ4n) is 4.61. The molecule has 0 saturated carbocycles. The summed E-state index contributed by atoms with van der Waals surface area (Å²) in [7, 11) is -0.217. The Morgan fingerprint density at radius 1 is 1.19 bits per heavy atom. The number of carbonyl (C=O) groups excluding carboxylic acids is 1. The maximum atomic E-state index is 13.2. The number of benzene rings is 1. The lowest BCUT2D eigenvalue weighted by Crippen LogP contribution is -2.68. The quantitative estimate of drug-likeness (QED) is 0.398. The molecule has 10 nitrogen and oxygen atoms in total. The monoisotopic (exact) mass is 537 g/mol. The van der Waals surface area contributed by atoms with Gasteiger partial charge in [0.2, 0.25) is 0 Å². The van der Waals surface area contributed by atoms with Gasteiger partial charge in [0.1, 0.15) is 6.61 Å². The van der Waals surface area contributed by atoms with Gasteiger partial charge >= 0.3 is 16.3 Å². The minimum absolute atomic E-state index is 0.124. The summed E-state index contributed by atoms with van der Waals surface area (Å²) in [6.07, 6.45) is 2.32. The molecule has 0 unspecified atom stereocenters. The maximum absolute atomic E-state index is 13.2. The minimum atomic E-state index is -4.17. The number of ether oxygens (including phenoxy) is 3. The molecule has 3 heterocycles. The van der Waals surface area contributed by atoms with E-state index in [2.05, 4.69) is 9.80 Å². The molecule has 11 heteroatoms. The van der Waals surface area contributed by atoms with Gasteiger partial charge in [-0.1, -0.05) is 11.6 Å². The summed E-state index contributed by atoms with van der Waals surface area (Å²) in [5.41, 5.74) is 1.25. The van der Waals surface area contributed by atoms with Crippen LogP contribution in [0.4, 0.5) is 0 Å². The first kappa shape index (κ1) is 28.0. The summed E-state index contributed by atoms with van der Waals surface area (Å²) in [4.78, 5) is 17.1. The molecule has 1 aromatic carbocycles. The minimum Gasteiger partial charge on any atom is -0.464 e. The number of hydrogen-bond acceptors (Lipinski definition) is 9. The van der Waals surface area contributed by atoms with Crippen molar-refractivity contribution < 1.29 is 31.6 Å². The fraction of sp³-hybridized carbons (Fsp3) is 0.654. The van der Waals surface area contributed by atoms with Gasteiger partial charge in [-0.15, -0.1) is 0 Å². The third-order valence-corrected chi connectivity index (χ3v) is 8.28. The van der Waals surface area contributed by atoms with Crippen molar-refractivity contribution in [3.8, 4) is 0 Å². The van der Waals surface area contributed by atoms with Crippen molar-refractivity contribution in [1.82, 2.24) is 13.8 Å². The molecule has 2 aliphatic rings. The highest BCUT2D eigenvalue weighted by molar-refractivity contribution is 7.85. The summed E-state index contributed by atoms with van der Waals surface area (Å²) in [5.74, 6) is -0.505. The average Bonchev–Trinajstić information content (AvgIpc) is 3.19. The van der Waals surface area contributed by atoms with E-state index in [1.165, 1.54) is 3.97 Å². The number of morpholine rings is 1. The Morgan fingerprint density at radius 2 is 1.92 bits per heavy atom. The van der Waals surface area contributed by atoms with Crippen LogP contribution in [0.1, 0.15) is 25.0 Å². The van der Waals surface area contributed by atoms with E-state index in [1.807, 2.05) is 33.2 Å². The molecule has 0 atom stereocenters. The van der Waals surface area contributed by atoms with Gasteiger partial charge in [0.05, 0.1) is 49.5 Å². The number of fused-ring (bicyclic) bond motifs is 1. The van der Waals surface area contributed by atoms with Crippen LogP contribution in [0.2, 0.25) is 0 Å². The highest BCUT2D eigenvalue weighted by Gasteiger charge is 2.46. The summed E-state index contributed by atoms with van der Waals surface area (Å²) in [6, 6.07) is 5.65. The van der Waals surface area contributed by atoms with Crippen LogP contribution in [0.5, 0.6) is 0 Å². The molecular formula is C26H39N3O7S. The van der Waals surface area contributed by atoms with Gasteiger partial charge in [0.15, 0.2) is 0 Å². The van der Waals surface area contributed by atoms with Gasteiger partial charge in [-0.25, -0.2) is 3.97 Å². The summed E-state index contributed by atoms with van der Waals surface area (Å²) in [5, 5.41) is 0.880. The first-order chi connectivity index (χ1) is 17.4. The molecule has 2 aliphatic heterocycles. The Labute approximate surface area is 219 Å². The number of aromatic nitrogens is 1.